The molecule has 100 valence electrons. The van der Waals surface area contributed by atoms with Crippen LogP contribution in [0, 0.1) is 5.92 Å². The number of likely N-dealkylation sites (N-methyl/N-ethyl adjacent to an activating group) is 1. The molecule has 2 heteroatoms. The molecule has 0 amide bonds. The molecule has 0 aromatic heterocycles. The van der Waals surface area contributed by atoms with E-state index in [1.807, 2.05) is 0 Å². The lowest BCUT2D eigenvalue weighted by Crippen LogP contribution is -2.42. The highest BCUT2D eigenvalue weighted by Crippen LogP contribution is 2.26. The van der Waals surface area contributed by atoms with Gasteiger partial charge in [0.2, 0.25) is 0 Å². The quantitative estimate of drug-likeness (QED) is 0.699. The first-order valence-electron chi connectivity index (χ1n) is 7.73. The second kappa shape index (κ2) is 6.75. The molecule has 2 aliphatic rings. The second-order valence-corrected chi connectivity index (χ2v) is 6.22. The molecule has 2 nitrogen and oxygen atoms in total. The Balaban J connectivity index is 1.71. The standard InChI is InChI=1S/C15H30N2/c1-3-6-15(11-16-14-9-10-14)17(2)12-13-7-4-5-8-13/h13-16H,3-12H2,1-2H3. The molecule has 1 unspecified atom stereocenters. The first-order valence-corrected chi connectivity index (χ1v) is 7.73. The van der Waals surface area contributed by atoms with Crippen LogP contribution in [0.2, 0.25) is 0 Å². The Bertz CT molecular complexity index is 207. The molecule has 1 N–H and O–H groups in total. The second-order valence-electron chi connectivity index (χ2n) is 6.22. The van der Waals surface area contributed by atoms with Crippen LogP contribution in [0.5, 0.6) is 0 Å². The fourth-order valence-electron chi connectivity index (χ4n) is 3.15. The van der Waals surface area contributed by atoms with Crippen molar-refractivity contribution in [1.29, 1.82) is 0 Å². The average molecular weight is 238 g/mol. The molecule has 0 spiro atoms. The minimum atomic E-state index is 0.765. The van der Waals surface area contributed by atoms with E-state index in [-0.39, 0.29) is 0 Å². The molecule has 2 rings (SSSR count). The summed E-state index contributed by atoms with van der Waals surface area (Å²) < 4.78 is 0. The zero-order valence-corrected chi connectivity index (χ0v) is 11.8. The third-order valence-corrected chi connectivity index (χ3v) is 4.49. The predicted octanol–water partition coefficient (Wildman–Crippen LogP) is 3.03. The third-order valence-electron chi connectivity index (χ3n) is 4.49. The highest BCUT2D eigenvalue weighted by molar-refractivity contribution is 4.84. The maximum atomic E-state index is 3.71. The van der Waals surface area contributed by atoms with Gasteiger partial charge in [-0.05, 0) is 45.1 Å². The van der Waals surface area contributed by atoms with E-state index in [2.05, 4.69) is 24.2 Å². The van der Waals surface area contributed by atoms with E-state index in [0.717, 1.165) is 18.0 Å². The lowest BCUT2D eigenvalue weighted by atomic mass is 10.1. The summed E-state index contributed by atoms with van der Waals surface area (Å²) >= 11 is 0. The minimum Gasteiger partial charge on any atom is -0.312 e. The lowest BCUT2D eigenvalue weighted by molar-refractivity contribution is 0.191. The molecule has 0 aromatic rings. The Kier molecular flexibility index (Phi) is 5.30. The van der Waals surface area contributed by atoms with Crippen LogP contribution in [0.1, 0.15) is 58.3 Å². The van der Waals surface area contributed by atoms with Crippen molar-refractivity contribution in [2.45, 2.75) is 70.4 Å². The van der Waals surface area contributed by atoms with Gasteiger partial charge in [0.25, 0.3) is 0 Å². The molecule has 2 aliphatic carbocycles. The third kappa shape index (κ3) is 4.59. The Labute approximate surface area is 107 Å². The summed E-state index contributed by atoms with van der Waals surface area (Å²) in [5, 5.41) is 3.71. The fourth-order valence-corrected chi connectivity index (χ4v) is 3.15. The van der Waals surface area contributed by atoms with Crippen molar-refractivity contribution >= 4 is 0 Å². The van der Waals surface area contributed by atoms with Gasteiger partial charge < -0.3 is 10.2 Å². The largest absolute Gasteiger partial charge is 0.312 e. The van der Waals surface area contributed by atoms with Crippen LogP contribution in [-0.4, -0.2) is 37.1 Å². The van der Waals surface area contributed by atoms with Gasteiger partial charge >= 0.3 is 0 Å². The van der Waals surface area contributed by atoms with Crippen LogP contribution in [0.4, 0.5) is 0 Å². The zero-order chi connectivity index (χ0) is 12.1. The molecule has 0 aliphatic heterocycles. The Morgan fingerprint density at radius 1 is 1.18 bits per heavy atom. The molecule has 0 bridgehead atoms. The van der Waals surface area contributed by atoms with E-state index in [1.54, 1.807) is 0 Å². The van der Waals surface area contributed by atoms with Crippen LogP contribution < -0.4 is 5.32 Å². The molecule has 0 saturated heterocycles. The zero-order valence-electron chi connectivity index (χ0n) is 11.8. The number of hydrogen-bond acceptors (Lipinski definition) is 2. The van der Waals surface area contributed by atoms with Gasteiger partial charge in [-0.1, -0.05) is 26.2 Å². The maximum absolute atomic E-state index is 3.71. The summed E-state index contributed by atoms with van der Waals surface area (Å²) in [6.45, 7) is 4.85. The molecule has 0 radical (unpaired) electrons. The molecule has 0 aromatic carbocycles. The van der Waals surface area contributed by atoms with Gasteiger partial charge in [0.1, 0.15) is 0 Å². The van der Waals surface area contributed by atoms with Gasteiger partial charge in [0.15, 0.2) is 0 Å². The van der Waals surface area contributed by atoms with Gasteiger partial charge in [-0.25, -0.2) is 0 Å². The Morgan fingerprint density at radius 2 is 1.88 bits per heavy atom. The van der Waals surface area contributed by atoms with Crippen molar-refractivity contribution in [3.05, 3.63) is 0 Å². The molecule has 2 fully saturated rings. The van der Waals surface area contributed by atoms with E-state index in [4.69, 9.17) is 0 Å². The topological polar surface area (TPSA) is 15.3 Å². The van der Waals surface area contributed by atoms with Crippen LogP contribution >= 0.6 is 0 Å². The summed E-state index contributed by atoms with van der Waals surface area (Å²) in [6, 6.07) is 1.62. The number of rotatable bonds is 8. The van der Waals surface area contributed by atoms with E-state index >= 15 is 0 Å². The summed E-state index contributed by atoms with van der Waals surface area (Å²) in [5.41, 5.74) is 0. The van der Waals surface area contributed by atoms with Gasteiger partial charge in [0.05, 0.1) is 0 Å². The summed E-state index contributed by atoms with van der Waals surface area (Å²) in [5.74, 6) is 0.986. The SMILES string of the molecule is CCCC(CNC1CC1)N(C)CC1CCCC1. The van der Waals surface area contributed by atoms with Gasteiger partial charge in [0, 0.05) is 25.2 Å². The maximum Gasteiger partial charge on any atom is 0.0217 e. The van der Waals surface area contributed by atoms with Crippen molar-refractivity contribution in [3.8, 4) is 0 Å². The Morgan fingerprint density at radius 3 is 2.47 bits per heavy atom. The van der Waals surface area contributed by atoms with Crippen LogP contribution in [0.3, 0.4) is 0 Å². The highest BCUT2D eigenvalue weighted by atomic mass is 15.2. The van der Waals surface area contributed by atoms with Crippen molar-refractivity contribution in [3.63, 3.8) is 0 Å². The highest BCUT2D eigenvalue weighted by Gasteiger charge is 2.24. The van der Waals surface area contributed by atoms with E-state index < -0.39 is 0 Å². The van der Waals surface area contributed by atoms with Crippen molar-refractivity contribution in [2.24, 2.45) is 5.92 Å². The van der Waals surface area contributed by atoms with Crippen molar-refractivity contribution in [2.75, 3.05) is 20.1 Å². The number of nitrogens with one attached hydrogen (secondary N) is 1. The Hall–Kier alpha value is -0.0800. The van der Waals surface area contributed by atoms with Gasteiger partial charge in [-0.2, -0.15) is 0 Å². The number of hydrogen-bond donors (Lipinski definition) is 1. The lowest BCUT2D eigenvalue weighted by Gasteiger charge is -2.30. The first-order chi connectivity index (χ1) is 8.29. The molecule has 1 atom stereocenters. The minimum absolute atomic E-state index is 0.765. The normalized spacial score (nSPS) is 23.5. The van der Waals surface area contributed by atoms with Crippen molar-refractivity contribution < 1.29 is 0 Å². The number of nitrogens with zero attached hydrogens (tertiary/aromatic N) is 1. The van der Waals surface area contributed by atoms with Crippen LogP contribution in [-0.2, 0) is 0 Å². The summed E-state index contributed by atoms with van der Waals surface area (Å²) in [7, 11) is 2.34. The van der Waals surface area contributed by atoms with Gasteiger partial charge in [-0.3, -0.25) is 0 Å². The molecular weight excluding hydrogens is 208 g/mol. The van der Waals surface area contributed by atoms with E-state index in [0.29, 0.717) is 0 Å². The van der Waals surface area contributed by atoms with E-state index in [1.165, 1.54) is 64.5 Å². The molecule has 0 heterocycles. The van der Waals surface area contributed by atoms with Crippen LogP contribution in [0.25, 0.3) is 0 Å². The smallest absolute Gasteiger partial charge is 0.0217 e. The van der Waals surface area contributed by atoms with E-state index in [9.17, 15) is 0 Å². The monoisotopic (exact) mass is 238 g/mol. The average Bonchev–Trinajstić information content (AvgIpc) is 3.01. The van der Waals surface area contributed by atoms with Crippen molar-refractivity contribution in [1.82, 2.24) is 10.2 Å². The summed E-state index contributed by atoms with van der Waals surface area (Å²) in [6.07, 6.45) is 11.4. The van der Waals surface area contributed by atoms with Gasteiger partial charge in [-0.15, -0.1) is 0 Å². The first kappa shape index (κ1) is 13.4. The fraction of sp³-hybridized carbons (Fsp3) is 1.00. The van der Waals surface area contributed by atoms with Crippen LogP contribution in [0.15, 0.2) is 0 Å². The molecule has 17 heavy (non-hydrogen) atoms. The molecular formula is C15H30N2. The summed E-state index contributed by atoms with van der Waals surface area (Å²) in [4.78, 5) is 2.63. The molecule has 2 saturated carbocycles. The predicted molar refractivity (Wildman–Crippen MR) is 74.3 cm³/mol.